The Morgan fingerprint density at radius 2 is 1.86 bits per heavy atom. The van der Waals surface area contributed by atoms with E-state index in [0.717, 1.165) is 37.8 Å². The summed E-state index contributed by atoms with van der Waals surface area (Å²) in [5, 5.41) is 0. The second-order valence-corrected chi connectivity index (χ2v) is 7.20. The van der Waals surface area contributed by atoms with Gasteiger partial charge in [0, 0.05) is 6.54 Å². The van der Waals surface area contributed by atoms with E-state index in [2.05, 4.69) is 4.72 Å². The molecule has 0 spiro atoms. The highest BCUT2D eigenvalue weighted by atomic mass is 32.2. The molecule has 2 atom stereocenters. The van der Waals surface area contributed by atoms with Gasteiger partial charge in [-0.2, -0.15) is 0 Å². The molecule has 7 heteroatoms. The zero-order valence-corrected chi connectivity index (χ0v) is 12.5. The zero-order valence-electron chi connectivity index (χ0n) is 11.7. The topological polar surface area (TPSA) is 72.2 Å². The van der Waals surface area contributed by atoms with Gasteiger partial charge in [0.25, 0.3) is 0 Å². The lowest BCUT2D eigenvalue weighted by atomic mass is 9.79. The third-order valence-electron chi connectivity index (χ3n) is 4.09. The van der Waals surface area contributed by atoms with Crippen molar-refractivity contribution in [1.29, 1.82) is 0 Å². The van der Waals surface area contributed by atoms with Gasteiger partial charge in [-0.25, -0.2) is 21.9 Å². The highest BCUT2D eigenvalue weighted by Gasteiger charge is 2.27. The first-order chi connectivity index (χ1) is 9.94. The molecule has 1 fully saturated rings. The first-order valence-electron chi connectivity index (χ1n) is 7.09. The van der Waals surface area contributed by atoms with Gasteiger partial charge in [-0.1, -0.05) is 12.8 Å². The Morgan fingerprint density at radius 1 is 1.19 bits per heavy atom. The molecule has 4 nitrogen and oxygen atoms in total. The summed E-state index contributed by atoms with van der Waals surface area (Å²) >= 11 is 0. The molecule has 1 aliphatic rings. The molecule has 0 amide bonds. The Bertz CT molecular complexity index is 593. The summed E-state index contributed by atoms with van der Waals surface area (Å²) in [7, 11) is -4.05. The SMILES string of the molecule is NCC1CCCCC1CNS(=O)(=O)c1cc(F)ccc1F. The minimum atomic E-state index is -4.05. The van der Waals surface area contributed by atoms with Gasteiger partial charge in [0.1, 0.15) is 16.5 Å². The molecule has 1 aromatic rings. The average molecular weight is 318 g/mol. The van der Waals surface area contributed by atoms with Crippen LogP contribution in [0, 0.1) is 23.5 Å². The van der Waals surface area contributed by atoms with E-state index < -0.39 is 26.6 Å². The summed E-state index contributed by atoms with van der Waals surface area (Å²) in [5.74, 6) is -1.31. The Kier molecular flexibility index (Phi) is 5.29. The molecule has 118 valence electrons. The van der Waals surface area contributed by atoms with Gasteiger partial charge in [0.15, 0.2) is 0 Å². The van der Waals surface area contributed by atoms with Crippen molar-refractivity contribution >= 4 is 10.0 Å². The van der Waals surface area contributed by atoms with E-state index in [1.54, 1.807) is 0 Å². The van der Waals surface area contributed by atoms with Crippen molar-refractivity contribution in [2.45, 2.75) is 30.6 Å². The van der Waals surface area contributed by atoms with Crippen molar-refractivity contribution in [2.75, 3.05) is 13.1 Å². The molecule has 0 aromatic heterocycles. The van der Waals surface area contributed by atoms with Gasteiger partial charge >= 0.3 is 0 Å². The van der Waals surface area contributed by atoms with E-state index in [-0.39, 0.29) is 18.4 Å². The predicted octanol–water partition coefficient (Wildman–Crippen LogP) is 2.01. The minimum Gasteiger partial charge on any atom is -0.330 e. The van der Waals surface area contributed by atoms with E-state index in [1.165, 1.54) is 0 Å². The van der Waals surface area contributed by atoms with Gasteiger partial charge in [0.2, 0.25) is 10.0 Å². The third-order valence-corrected chi connectivity index (χ3v) is 5.53. The van der Waals surface area contributed by atoms with Crippen LogP contribution in [-0.4, -0.2) is 21.5 Å². The molecular formula is C14H20F2N2O2S. The van der Waals surface area contributed by atoms with Crippen molar-refractivity contribution < 1.29 is 17.2 Å². The first-order valence-corrected chi connectivity index (χ1v) is 8.57. The molecule has 2 rings (SSSR count). The molecule has 0 aliphatic heterocycles. The molecule has 3 N–H and O–H groups in total. The number of nitrogens with one attached hydrogen (secondary N) is 1. The van der Waals surface area contributed by atoms with Crippen molar-refractivity contribution in [1.82, 2.24) is 4.72 Å². The predicted molar refractivity (Wildman–Crippen MR) is 76.0 cm³/mol. The van der Waals surface area contributed by atoms with Crippen LogP contribution < -0.4 is 10.5 Å². The molecule has 0 radical (unpaired) electrons. The fourth-order valence-corrected chi connectivity index (χ4v) is 4.02. The van der Waals surface area contributed by atoms with Crippen LogP contribution in [-0.2, 0) is 10.0 Å². The van der Waals surface area contributed by atoms with Crippen LogP contribution in [0.15, 0.2) is 23.1 Å². The molecule has 1 aliphatic carbocycles. The van der Waals surface area contributed by atoms with E-state index >= 15 is 0 Å². The molecule has 2 unspecified atom stereocenters. The fourth-order valence-electron chi connectivity index (χ4n) is 2.84. The van der Waals surface area contributed by atoms with Crippen LogP contribution >= 0.6 is 0 Å². The molecule has 21 heavy (non-hydrogen) atoms. The lowest BCUT2D eigenvalue weighted by Crippen LogP contribution is -2.37. The highest BCUT2D eigenvalue weighted by molar-refractivity contribution is 7.89. The van der Waals surface area contributed by atoms with Gasteiger partial charge in [0.05, 0.1) is 0 Å². The van der Waals surface area contributed by atoms with Crippen molar-refractivity contribution in [3.8, 4) is 0 Å². The lowest BCUT2D eigenvalue weighted by Gasteiger charge is -2.30. The number of hydrogen-bond donors (Lipinski definition) is 2. The van der Waals surface area contributed by atoms with Gasteiger partial charge < -0.3 is 5.73 Å². The van der Waals surface area contributed by atoms with Crippen LogP contribution in [0.25, 0.3) is 0 Å². The van der Waals surface area contributed by atoms with E-state index in [4.69, 9.17) is 5.73 Å². The summed E-state index contributed by atoms with van der Waals surface area (Å²) in [6.07, 6.45) is 4.02. The quantitative estimate of drug-likeness (QED) is 0.872. The normalized spacial score (nSPS) is 23.2. The molecule has 1 aromatic carbocycles. The number of nitrogens with two attached hydrogens (primary N) is 1. The Balaban J connectivity index is 2.09. The Labute approximate surface area is 123 Å². The fraction of sp³-hybridized carbons (Fsp3) is 0.571. The largest absolute Gasteiger partial charge is 0.330 e. The third kappa shape index (κ3) is 3.99. The van der Waals surface area contributed by atoms with Crippen molar-refractivity contribution in [3.05, 3.63) is 29.8 Å². The summed E-state index contributed by atoms with van der Waals surface area (Å²) in [6, 6.07) is 2.39. The maximum absolute atomic E-state index is 13.6. The van der Waals surface area contributed by atoms with Crippen LogP contribution in [0.5, 0.6) is 0 Å². The number of rotatable bonds is 5. The number of sulfonamides is 1. The Morgan fingerprint density at radius 3 is 2.52 bits per heavy atom. The van der Waals surface area contributed by atoms with Crippen LogP contribution in [0.1, 0.15) is 25.7 Å². The van der Waals surface area contributed by atoms with Crippen LogP contribution in [0.3, 0.4) is 0 Å². The number of benzene rings is 1. The van der Waals surface area contributed by atoms with E-state index in [9.17, 15) is 17.2 Å². The smallest absolute Gasteiger partial charge is 0.243 e. The summed E-state index contributed by atoms with van der Waals surface area (Å²) < 4.78 is 53.3. The van der Waals surface area contributed by atoms with Gasteiger partial charge in [-0.15, -0.1) is 0 Å². The molecule has 1 saturated carbocycles. The van der Waals surface area contributed by atoms with Crippen molar-refractivity contribution in [3.63, 3.8) is 0 Å². The maximum Gasteiger partial charge on any atom is 0.243 e. The number of halogens is 2. The molecular weight excluding hydrogens is 298 g/mol. The lowest BCUT2D eigenvalue weighted by molar-refractivity contribution is 0.244. The summed E-state index contributed by atoms with van der Waals surface area (Å²) in [4.78, 5) is -0.650. The average Bonchev–Trinajstić information content (AvgIpc) is 2.48. The maximum atomic E-state index is 13.6. The van der Waals surface area contributed by atoms with Gasteiger partial charge in [-0.05, 0) is 49.4 Å². The highest BCUT2D eigenvalue weighted by Crippen LogP contribution is 2.29. The minimum absolute atomic E-state index is 0.148. The second-order valence-electron chi connectivity index (χ2n) is 5.47. The van der Waals surface area contributed by atoms with Crippen molar-refractivity contribution in [2.24, 2.45) is 17.6 Å². The monoisotopic (exact) mass is 318 g/mol. The van der Waals surface area contributed by atoms with E-state index in [0.29, 0.717) is 12.6 Å². The zero-order chi connectivity index (χ0) is 15.5. The van der Waals surface area contributed by atoms with Crippen LogP contribution in [0.2, 0.25) is 0 Å². The number of hydrogen-bond acceptors (Lipinski definition) is 3. The standard InChI is InChI=1S/C14H20F2N2O2S/c15-12-5-6-13(16)14(7-12)21(19,20)18-9-11-4-2-1-3-10(11)8-17/h5-7,10-11,18H,1-4,8-9,17H2. The summed E-state index contributed by atoms with van der Waals surface area (Å²) in [5.41, 5.74) is 5.70. The van der Waals surface area contributed by atoms with Gasteiger partial charge in [-0.3, -0.25) is 0 Å². The Hall–Kier alpha value is -1.05. The second kappa shape index (κ2) is 6.81. The molecule has 0 saturated heterocycles. The molecule has 0 heterocycles. The first kappa shape index (κ1) is 16.3. The molecule has 0 bridgehead atoms. The van der Waals surface area contributed by atoms with Crippen LogP contribution in [0.4, 0.5) is 8.78 Å². The van der Waals surface area contributed by atoms with E-state index in [1.807, 2.05) is 0 Å². The summed E-state index contributed by atoms with van der Waals surface area (Å²) in [6.45, 7) is 0.723.